The van der Waals surface area contributed by atoms with Crippen molar-refractivity contribution in [3.63, 3.8) is 0 Å². The number of rotatable bonds is 8. The third-order valence-corrected chi connectivity index (χ3v) is 9.11. The summed E-state index contributed by atoms with van der Waals surface area (Å²) in [6.45, 7) is 5.76. The van der Waals surface area contributed by atoms with E-state index >= 15 is 0 Å². The van der Waals surface area contributed by atoms with E-state index in [0.29, 0.717) is 31.5 Å². The molecular weight excluding hydrogens is 398 g/mol. The van der Waals surface area contributed by atoms with Gasteiger partial charge in [0.25, 0.3) is 5.56 Å². The Hall–Kier alpha value is -1.13. The Morgan fingerprint density at radius 3 is 2.93 bits per heavy atom. The Kier molecular flexibility index (Phi) is 7.03. The summed E-state index contributed by atoms with van der Waals surface area (Å²) in [7, 11) is -3.45. The van der Waals surface area contributed by atoms with E-state index in [1.54, 1.807) is 0 Å². The van der Waals surface area contributed by atoms with Gasteiger partial charge < -0.3 is 10.1 Å². The molecule has 1 aromatic heterocycles. The molecule has 0 aliphatic carbocycles. The number of thioether (sulfide) groups is 1. The molecule has 2 atom stereocenters. The third kappa shape index (κ3) is 4.71. The van der Waals surface area contributed by atoms with E-state index in [4.69, 9.17) is 0 Å². The molecule has 1 unspecified atom stereocenters. The number of aromatic amines is 1. The Labute approximate surface area is 170 Å². The van der Waals surface area contributed by atoms with Crippen molar-refractivity contribution < 1.29 is 13.5 Å². The molecule has 1 aromatic rings. The third-order valence-electron chi connectivity index (χ3n) is 5.47. The summed E-state index contributed by atoms with van der Waals surface area (Å²) in [6.07, 6.45) is 5.03. The summed E-state index contributed by atoms with van der Waals surface area (Å²) < 4.78 is 27.6. The zero-order chi connectivity index (χ0) is 20.3. The highest BCUT2D eigenvalue weighted by Crippen LogP contribution is 2.42. The maximum Gasteiger partial charge on any atom is 0.251 e. The van der Waals surface area contributed by atoms with Gasteiger partial charge in [0.15, 0.2) is 0 Å². The summed E-state index contributed by atoms with van der Waals surface area (Å²) in [5, 5.41) is 9.37. The number of sulfonamides is 1. The maximum absolute atomic E-state index is 12.7. The van der Waals surface area contributed by atoms with E-state index in [1.807, 2.05) is 26.0 Å². The van der Waals surface area contributed by atoms with Gasteiger partial charge in [-0.05, 0) is 45.2 Å². The molecule has 3 rings (SSSR count). The Morgan fingerprint density at radius 2 is 2.21 bits per heavy atom. The lowest BCUT2D eigenvalue weighted by Crippen LogP contribution is -2.40. The molecule has 3 heterocycles. The summed E-state index contributed by atoms with van der Waals surface area (Å²) >= 11 is 1.33. The molecule has 156 valence electrons. The molecule has 0 saturated carbocycles. The fourth-order valence-corrected chi connectivity index (χ4v) is 6.75. The highest BCUT2D eigenvalue weighted by molar-refractivity contribution is 8.18. The van der Waals surface area contributed by atoms with Crippen LogP contribution in [0.1, 0.15) is 43.0 Å². The normalized spacial score (nSPS) is 23.3. The largest absolute Gasteiger partial charge is 0.395 e. The van der Waals surface area contributed by atoms with Gasteiger partial charge in [0, 0.05) is 40.9 Å². The van der Waals surface area contributed by atoms with E-state index in [9.17, 15) is 18.3 Å². The number of aliphatic hydroxyl groups excluding tert-OH is 1. The van der Waals surface area contributed by atoms with Crippen LogP contribution >= 0.6 is 11.8 Å². The molecule has 1 fully saturated rings. The number of nitrogens with zero attached hydrogens (tertiary/aromatic N) is 1. The minimum atomic E-state index is -3.45. The van der Waals surface area contributed by atoms with Gasteiger partial charge in [0.1, 0.15) is 4.58 Å². The van der Waals surface area contributed by atoms with E-state index in [0.717, 1.165) is 35.5 Å². The fraction of sp³-hybridized carbons (Fsp3) is 0.632. The van der Waals surface area contributed by atoms with Gasteiger partial charge in [-0.2, -0.15) is 0 Å². The lowest BCUT2D eigenvalue weighted by molar-refractivity contribution is 0.161. The molecule has 0 bridgehead atoms. The first-order valence-electron chi connectivity index (χ1n) is 9.79. The van der Waals surface area contributed by atoms with E-state index in [1.165, 1.54) is 11.8 Å². The average molecular weight is 428 g/mol. The van der Waals surface area contributed by atoms with Crippen LogP contribution in [-0.2, 0) is 16.4 Å². The van der Waals surface area contributed by atoms with Crippen LogP contribution in [0, 0.1) is 6.92 Å². The lowest BCUT2D eigenvalue weighted by Gasteiger charge is -2.23. The van der Waals surface area contributed by atoms with Crippen molar-refractivity contribution in [3.05, 3.63) is 39.3 Å². The molecular formula is C19H29N3O4S2. The molecule has 0 aromatic carbocycles. The summed E-state index contributed by atoms with van der Waals surface area (Å²) in [4.78, 5) is 17.8. The van der Waals surface area contributed by atoms with Crippen molar-refractivity contribution in [2.24, 2.45) is 0 Å². The molecule has 2 aliphatic rings. The minimum Gasteiger partial charge on any atom is -0.395 e. The number of aromatic nitrogens is 1. The molecule has 9 heteroatoms. The molecule has 2 aliphatic heterocycles. The van der Waals surface area contributed by atoms with Gasteiger partial charge in [-0.15, -0.1) is 11.8 Å². The van der Waals surface area contributed by atoms with Crippen LogP contribution < -0.4 is 10.3 Å². The van der Waals surface area contributed by atoms with Crippen LogP contribution in [0.3, 0.4) is 0 Å². The van der Waals surface area contributed by atoms with Crippen molar-refractivity contribution in [1.82, 2.24) is 14.6 Å². The fourth-order valence-electron chi connectivity index (χ4n) is 3.81. The Morgan fingerprint density at radius 1 is 1.43 bits per heavy atom. The summed E-state index contributed by atoms with van der Waals surface area (Å²) in [5.74, 6) is 0. The molecule has 0 amide bonds. The smallest absolute Gasteiger partial charge is 0.251 e. The van der Waals surface area contributed by atoms with E-state index < -0.39 is 14.6 Å². The van der Waals surface area contributed by atoms with Gasteiger partial charge in [-0.1, -0.05) is 13.0 Å². The zero-order valence-corrected chi connectivity index (χ0v) is 18.0. The van der Waals surface area contributed by atoms with Crippen molar-refractivity contribution in [3.8, 4) is 0 Å². The van der Waals surface area contributed by atoms with Crippen LogP contribution in [0.2, 0.25) is 0 Å². The number of hydrogen-bond donors (Lipinski definition) is 3. The van der Waals surface area contributed by atoms with Crippen LogP contribution in [0.15, 0.2) is 16.9 Å². The molecule has 1 saturated heterocycles. The number of allylic oxidation sites excluding steroid dienone is 1. The zero-order valence-electron chi connectivity index (χ0n) is 16.4. The van der Waals surface area contributed by atoms with Crippen LogP contribution in [0.25, 0.3) is 4.91 Å². The van der Waals surface area contributed by atoms with Crippen LogP contribution in [0.4, 0.5) is 0 Å². The molecule has 7 nitrogen and oxygen atoms in total. The second-order valence-electron chi connectivity index (χ2n) is 7.32. The standard InChI is InChI=1S/C19H29N3O4S2/c1-3-14-11-16(13(2)21-19(14)24)17-6-7-18(27-17)28(25,26)20-8-10-22-9-4-5-15(22)12-23/h6,11,15,18,20,23H,3-5,7-10,12H2,1-2H3,(H,21,24)/t15-,18?/m1/s1. The lowest BCUT2D eigenvalue weighted by atomic mass is 10.1. The maximum atomic E-state index is 12.7. The van der Waals surface area contributed by atoms with Gasteiger partial charge in [-0.25, -0.2) is 13.1 Å². The molecule has 0 spiro atoms. The number of aliphatic hydroxyl groups is 1. The SMILES string of the molecule is CCc1cc(C2=CCC(S(=O)(=O)NCCN3CCC[C@@H]3CO)S2)c(C)[nH]c1=O. The highest BCUT2D eigenvalue weighted by atomic mass is 32.3. The van der Waals surface area contributed by atoms with Crippen molar-refractivity contribution in [2.45, 2.75) is 50.2 Å². The van der Waals surface area contributed by atoms with Crippen molar-refractivity contribution >= 4 is 26.7 Å². The summed E-state index contributed by atoms with van der Waals surface area (Å²) in [6, 6.07) is 2.02. The second-order valence-corrected chi connectivity index (χ2v) is 10.8. The molecule has 28 heavy (non-hydrogen) atoms. The molecule has 0 radical (unpaired) electrons. The van der Waals surface area contributed by atoms with Crippen molar-refractivity contribution in [2.75, 3.05) is 26.2 Å². The minimum absolute atomic E-state index is 0.0821. The highest BCUT2D eigenvalue weighted by Gasteiger charge is 2.32. The Bertz CT molecular complexity index is 895. The molecule has 3 N–H and O–H groups in total. The van der Waals surface area contributed by atoms with Gasteiger partial charge in [0.2, 0.25) is 10.0 Å². The first-order valence-corrected chi connectivity index (χ1v) is 12.2. The van der Waals surface area contributed by atoms with Gasteiger partial charge in [0.05, 0.1) is 6.61 Å². The number of pyridine rings is 1. The monoisotopic (exact) mass is 427 g/mol. The number of H-pyrrole nitrogens is 1. The summed E-state index contributed by atoms with van der Waals surface area (Å²) in [5.41, 5.74) is 2.29. The number of nitrogens with one attached hydrogen (secondary N) is 2. The predicted octanol–water partition coefficient (Wildman–Crippen LogP) is 1.43. The van der Waals surface area contributed by atoms with Gasteiger partial charge >= 0.3 is 0 Å². The van der Waals surface area contributed by atoms with Crippen molar-refractivity contribution in [1.29, 1.82) is 0 Å². The average Bonchev–Trinajstić information content (AvgIpc) is 3.31. The second kappa shape index (κ2) is 9.13. The van der Waals surface area contributed by atoms with Crippen LogP contribution in [-0.4, -0.2) is 60.3 Å². The first kappa shape index (κ1) is 21.6. The quantitative estimate of drug-likeness (QED) is 0.580. The predicted molar refractivity (Wildman–Crippen MR) is 114 cm³/mol. The Balaban J connectivity index is 1.60. The number of hydrogen-bond acceptors (Lipinski definition) is 6. The first-order chi connectivity index (χ1) is 13.4. The van der Waals surface area contributed by atoms with E-state index in [2.05, 4.69) is 14.6 Å². The topological polar surface area (TPSA) is 102 Å². The number of likely N-dealkylation sites (tertiary alicyclic amines) is 1. The van der Waals surface area contributed by atoms with Crippen LogP contribution in [0.5, 0.6) is 0 Å². The van der Waals surface area contributed by atoms with E-state index in [-0.39, 0.29) is 18.2 Å². The number of aryl methyl sites for hydroxylation is 2. The van der Waals surface area contributed by atoms with Gasteiger partial charge in [-0.3, -0.25) is 9.69 Å².